The molecule has 0 saturated carbocycles. The lowest BCUT2D eigenvalue weighted by Gasteiger charge is -2.17. The Morgan fingerprint density at radius 3 is 2.43 bits per heavy atom. The molecule has 1 atom stereocenters. The number of amides is 1. The third-order valence-corrected chi connectivity index (χ3v) is 5.34. The number of nitrogens with one attached hydrogen (secondary N) is 1. The number of thioether (sulfide) groups is 1. The Morgan fingerprint density at radius 2 is 1.75 bits per heavy atom. The van der Waals surface area contributed by atoms with Gasteiger partial charge < -0.3 is 5.32 Å². The molecular weight excluding hydrogens is 379 g/mol. The minimum Gasteiger partial charge on any atom is -0.319 e. The number of hydrogen-bond acceptors (Lipinski definition) is 4. The van der Waals surface area contributed by atoms with E-state index in [9.17, 15) is 19.3 Å². The van der Waals surface area contributed by atoms with Gasteiger partial charge in [0, 0.05) is 11.0 Å². The molecule has 5 nitrogen and oxygen atoms in total. The monoisotopic (exact) mass is 396 g/mol. The van der Waals surface area contributed by atoms with Gasteiger partial charge in [0.05, 0.1) is 4.92 Å². The average molecular weight is 396 g/mol. The van der Waals surface area contributed by atoms with Crippen molar-refractivity contribution in [3.63, 3.8) is 0 Å². The molecule has 1 amide bonds. The standard InChI is InChI=1S/C21H17FN2O3S/c1-14-11-12-17(18(13-14)24(26)27)23-21(25)20(15-7-3-2-4-8-15)28-19-10-6-5-9-16(19)22/h2-13,20H,1H3,(H,23,25)/t20-/m1/s1. The zero-order chi connectivity index (χ0) is 20.1. The fourth-order valence-corrected chi connectivity index (χ4v) is 3.72. The van der Waals surface area contributed by atoms with Crippen LogP contribution in [0.5, 0.6) is 0 Å². The molecule has 0 bridgehead atoms. The van der Waals surface area contributed by atoms with Gasteiger partial charge in [0.15, 0.2) is 0 Å². The number of hydrogen-bond donors (Lipinski definition) is 1. The SMILES string of the molecule is Cc1ccc(NC(=O)[C@H](Sc2ccccc2F)c2ccccc2)c([N+](=O)[O-])c1. The van der Waals surface area contributed by atoms with E-state index in [4.69, 9.17) is 0 Å². The maximum Gasteiger partial charge on any atom is 0.293 e. The molecule has 0 heterocycles. The number of halogens is 1. The zero-order valence-electron chi connectivity index (χ0n) is 15.0. The summed E-state index contributed by atoms with van der Waals surface area (Å²) in [5, 5.41) is 13.2. The van der Waals surface area contributed by atoms with Gasteiger partial charge in [0.25, 0.3) is 5.69 Å². The topological polar surface area (TPSA) is 72.2 Å². The van der Waals surface area contributed by atoms with Crippen LogP contribution in [0.2, 0.25) is 0 Å². The van der Waals surface area contributed by atoms with E-state index in [-0.39, 0.29) is 11.4 Å². The molecule has 0 aliphatic heterocycles. The van der Waals surface area contributed by atoms with Crippen LogP contribution in [0.1, 0.15) is 16.4 Å². The minimum absolute atomic E-state index is 0.107. The van der Waals surface area contributed by atoms with E-state index < -0.39 is 21.9 Å². The van der Waals surface area contributed by atoms with Crippen LogP contribution in [0.4, 0.5) is 15.8 Å². The minimum atomic E-state index is -0.779. The van der Waals surface area contributed by atoms with Crippen molar-refractivity contribution in [3.8, 4) is 0 Å². The summed E-state index contributed by atoms with van der Waals surface area (Å²) < 4.78 is 14.1. The number of anilines is 1. The molecule has 3 aromatic rings. The van der Waals surface area contributed by atoms with Gasteiger partial charge in [-0.3, -0.25) is 14.9 Å². The third kappa shape index (κ3) is 4.55. The van der Waals surface area contributed by atoms with Crippen molar-refractivity contribution in [2.45, 2.75) is 17.1 Å². The van der Waals surface area contributed by atoms with Gasteiger partial charge in [-0.15, -0.1) is 11.8 Å². The number of carbonyl (C=O) groups excluding carboxylic acids is 1. The molecule has 0 saturated heterocycles. The van der Waals surface area contributed by atoms with E-state index in [2.05, 4.69) is 5.32 Å². The smallest absolute Gasteiger partial charge is 0.293 e. The van der Waals surface area contributed by atoms with Gasteiger partial charge in [0.1, 0.15) is 16.8 Å². The van der Waals surface area contributed by atoms with Crippen LogP contribution >= 0.6 is 11.8 Å². The Balaban J connectivity index is 1.94. The van der Waals surface area contributed by atoms with Crippen LogP contribution in [-0.4, -0.2) is 10.8 Å². The first kappa shape index (κ1) is 19.6. The molecular formula is C21H17FN2O3S. The highest BCUT2D eigenvalue weighted by Crippen LogP contribution is 2.38. The molecule has 0 aromatic heterocycles. The van der Waals surface area contributed by atoms with Gasteiger partial charge in [0.2, 0.25) is 5.91 Å². The number of benzene rings is 3. The predicted molar refractivity (Wildman–Crippen MR) is 108 cm³/mol. The normalized spacial score (nSPS) is 11.6. The van der Waals surface area contributed by atoms with Crippen molar-refractivity contribution < 1.29 is 14.1 Å². The van der Waals surface area contributed by atoms with Crippen LogP contribution in [0.25, 0.3) is 0 Å². The maximum atomic E-state index is 14.1. The Morgan fingerprint density at radius 1 is 1.07 bits per heavy atom. The number of rotatable bonds is 6. The quantitative estimate of drug-likeness (QED) is 0.339. The fraction of sp³-hybridized carbons (Fsp3) is 0.0952. The van der Waals surface area contributed by atoms with E-state index in [0.717, 1.165) is 11.8 Å². The molecule has 142 valence electrons. The molecule has 0 unspecified atom stereocenters. The molecule has 1 N–H and O–H groups in total. The number of nitro benzene ring substituents is 1. The molecule has 0 spiro atoms. The summed E-state index contributed by atoms with van der Waals surface area (Å²) in [5.41, 5.74) is 1.31. The first-order valence-corrected chi connectivity index (χ1v) is 9.35. The van der Waals surface area contributed by atoms with Gasteiger partial charge in [-0.05, 0) is 36.2 Å². The Labute approximate surface area is 165 Å². The van der Waals surface area contributed by atoms with E-state index in [1.54, 1.807) is 55.5 Å². The van der Waals surface area contributed by atoms with Crippen LogP contribution in [0, 0.1) is 22.9 Å². The number of carbonyl (C=O) groups is 1. The first-order valence-electron chi connectivity index (χ1n) is 8.48. The zero-order valence-corrected chi connectivity index (χ0v) is 15.8. The predicted octanol–water partition coefficient (Wildman–Crippen LogP) is 5.51. The molecule has 28 heavy (non-hydrogen) atoms. The summed E-state index contributed by atoms with van der Waals surface area (Å²) in [6.07, 6.45) is 0. The van der Waals surface area contributed by atoms with E-state index in [1.165, 1.54) is 18.2 Å². The van der Waals surface area contributed by atoms with Crippen molar-refractivity contribution >= 4 is 29.0 Å². The van der Waals surface area contributed by atoms with Crippen molar-refractivity contribution in [1.29, 1.82) is 0 Å². The van der Waals surface area contributed by atoms with Gasteiger partial charge >= 0.3 is 0 Å². The van der Waals surface area contributed by atoms with Crippen molar-refractivity contribution in [2.75, 3.05) is 5.32 Å². The van der Waals surface area contributed by atoms with E-state index in [1.807, 2.05) is 6.07 Å². The highest BCUT2D eigenvalue weighted by atomic mass is 32.2. The van der Waals surface area contributed by atoms with E-state index in [0.29, 0.717) is 16.0 Å². The summed E-state index contributed by atoms with van der Waals surface area (Å²) in [5.74, 6) is -0.894. The van der Waals surface area contributed by atoms with Crippen LogP contribution in [0.3, 0.4) is 0 Å². The average Bonchev–Trinajstić information content (AvgIpc) is 2.69. The number of aryl methyl sites for hydroxylation is 1. The number of nitro groups is 1. The molecule has 0 fully saturated rings. The highest BCUT2D eigenvalue weighted by molar-refractivity contribution is 8.00. The second kappa shape index (κ2) is 8.67. The maximum absolute atomic E-state index is 14.1. The van der Waals surface area contributed by atoms with Crippen molar-refractivity contribution in [1.82, 2.24) is 0 Å². The van der Waals surface area contributed by atoms with E-state index >= 15 is 0 Å². The molecule has 0 aliphatic carbocycles. The summed E-state index contributed by atoms with van der Waals surface area (Å²) in [6, 6.07) is 19.7. The van der Waals surface area contributed by atoms with Crippen LogP contribution in [-0.2, 0) is 4.79 Å². The Bertz CT molecular complexity index is 1010. The molecule has 7 heteroatoms. The summed E-state index contributed by atoms with van der Waals surface area (Å²) in [6.45, 7) is 1.74. The van der Waals surface area contributed by atoms with Gasteiger partial charge in [-0.2, -0.15) is 0 Å². The lowest BCUT2D eigenvalue weighted by atomic mass is 10.1. The van der Waals surface area contributed by atoms with Crippen molar-refractivity contribution in [3.05, 3.63) is 99.9 Å². The van der Waals surface area contributed by atoms with Gasteiger partial charge in [-0.1, -0.05) is 48.5 Å². The Hall–Kier alpha value is -3.19. The summed E-state index contributed by atoms with van der Waals surface area (Å²) >= 11 is 1.06. The van der Waals surface area contributed by atoms with Gasteiger partial charge in [-0.25, -0.2) is 4.39 Å². The summed E-state index contributed by atoms with van der Waals surface area (Å²) in [7, 11) is 0. The van der Waals surface area contributed by atoms with Crippen LogP contribution < -0.4 is 5.32 Å². The van der Waals surface area contributed by atoms with Crippen LogP contribution in [0.15, 0.2) is 77.7 Å². The Kier molecular flexibility index (Phi) is 6.06. The second-order valence-electron chi connectivity index (χ2n) is 6.11. The molecule has 3 rings (SSSR count). The second-order valence-corrected chi connectivity index (χ2v) is 7.25. The molecule has 0 radical (unpaired) electrons. The molecule has 3 aromatic carbocycles. The van der Waals surface area contributed by atoms with Crippen molar-refractivity contribution in [2.24, 2.45) is 0 Å². The lowest BCUT2D eigenvalue weighted by Crippen LogP contribution is -2.20. The fourth-order valence-electron chi connectivity index (χ4n) is 2.66. The summed E-state index contributed by atoms with van der Waals surface area (Å²) in [4.78, 5) is 24.1. The number of nitrogens with zero attached hydrogens (tertiary/aromatic N) is 1. The lowest BCUT2D eigenvalue weighted by molar-refractivity contribution is -0.384. The molecule has 0 aliphatic rings. The third-order valence-electron chi connectivity index (χ3n) is 4.03. The first-order chi connectivity index (χ1) is 13.5. The highest BCUT2D eigenvalue weighted by Gasteiger charge is 2.25. The largest absolute Gasteiger partial charge is 0.319 e.